The van der Waals surface area contributed by atoms with Crippen molar-refractivity contribution >= 4 is 16.9 Å². The van der Waals surface area contributed by atoms with E-state index in [2.05, 4.69) is 15.9 Å². The third-order valence-electron chi connectivity index (χ3n) is 4.26. The van der Waals surface area contributed by atoms with Crippen LogP contribution in [0, 0.1) is 12.3 Å². The maximum Gasteiger partial charge on any atom is 0.253 e. The lowest BCUT2D eigenvalue weighted by Crippen LogP contribution is -2.48. The molecule has 0 unspecified atom stereocenters. The number of H-pyrrole nitrogens is 1. The minimum atomic E-state index is 0.0425. The van der Waals surface area contributed by atoms with E-state index < -0.39 is 0 Å². The van der Waals surface area contributed by atoms with Gasteiger partial charge in [-0.1, -0.05) is 18.1 Å². The minimum absolute atomic E-state index is 0.0425. The lowest BCUT2D eigenvalue weighted by atomic mass is 9.98. The molecule has 0 spiro atoms. The molecule has 3 aromatic rings. The Hall–Kier alpha value is -3.06. The Morgan fingerprint density at radius 3 is 2.61 bits per heavy atom. The largest absolute Gasteiger partial charge is 0.342 e. The van der Waals surface area contributed by atoms with Crippen LogP contribution in [0.3, 0.4) is 0 Å². The van der Waals surface area contributed by atoms with Crippen LogP contribution in [0.5, 0.6) is 0 Å². The maximum atomic E-state index is 12.4. The van der Waals surface area contributed by atoms with Gasteiger partial charge in [-0.2, -0.15) is 0 Å². The second kappa shape index (κ2) is 5.29. The van der Waals surface area contributed by atoms with Crippen molar-refractivity contribution in [2.24, 2.45) is 0 Å². The highest BCUT2D eigenvalue weighted by Crippen LogP contribution is 2.28. The predicted molar refractivity (Wildman–Crippen MR) is 89.1 cm³/mol. The number of nitrogens with zero attached hydrogens (tertiary/aromatic N) is 2. The van der Waals surface area contributed by atoms with E-state index in [0.29, 0.717) is 18.7 Å². The van der Waals surface area contributed by atoms with Gasteiger partial charge in [-0.3, -0.25) is 4.79 Å². The van der Waals surface area contributed by atoms with Crippen molar-refractivity contribution in [3.05, 3.63) is 65.5 Å². The lowest BCUT2D eigenvalue weighted by molar-refractivity contribution is 0.0596. The van der Waals surface area contributed by atoms with E-state index in [1.807, 2.05) is 29.2 Å². The van der Waals surface area contributed by atoms with Crippen molar-refractivity contribution in [2.45, 2.75) is 5.92 Å². The van der Waals surface area contributed by atoms with Gasteiger partial charge in [0.2, 0.25) is 0 Å². The van der Waals surface area contributed by atoms with Gasteiger partial charge in [-0.25, -0.2) is 4.98 Å². The molecule has 0 atom stereocenters. The minimum Gasteiger partial charge on any atom is -0.342 e. The average Bonchev–Trinajstić information content (AvgIpc) is 2.97. The number of aromatic amines is 1. The van der Waals surface area contributed by atoms with E-state index in [4.69, 9.17) is 6.42 Å². The highest BCUT2D eigenvalue weighted by atomic mass is 16.2. The molecule has 1 aliphatic heterocycles. The Kier molecular flexibility index (Phi) is 3.13. The Labute approximate surface area is 134 Å². The van der Waals surface area contributed by atoms with E-state index in [1.165, 1.54) is 0 Å². The number of hydrogen-bond donors (Lipinski definition) is 1. The molecule has 0 aliphatic carbocycles. The zero-order valence-corrected chi connectivity index (χ0v) is 12.5. The number of carbonyl (C=O) groups is 1. The van der Waals surface area contributed by atoms with Crippen LogP contribution in [0.1, 0.15) is 27.7 Å². The normalized spacial score (nSPS) is 14.5. The van der Waals surface area contributed by atoms with E-state index in [0.717, 1.165) is 22.4 Å². The first kappa shape index (κ1) is 13.6. The predicted octanol–water partition coefficient (Wildman–Crippen LogP) is 2.78. The molecule has 2 aromatic carbocycles. The molecule has 0 radical (unpaired) electrons. The number of likely N-dealkylation sites (tertiary alicyclic amines) is 1. The summed E-state index contributed by atoms with van der Waals surface area (Å²) in [5.41, 5.74) is 3.46. The van der Waals surface area contributed by atoms with Crippen LogP contribution in [0.15, 0.2) is 48.5 Å². The van der Waals surface area contributed by atoms with E-state index in [9.17, 15) is 4.79 Å². The zero-order valence-electron chi connectivity index (χ0n) is 12.5. The summed E-state index contributed by atoms with van der Waals surface area (Å²) in [5.74, 6) is 3.83. The molecule has 4 nitrogen and oxygen atoms in total. The van der Waals surface area contributed by atoms with Gasteiger partial charge in [-0.05, 0) is 36.4 Å². The molecule has 1 aromatic heterocycles. The molecule has 0 saturated carbocycles. The van der Waals surface area contributed by atoms with Crippen LogP contribution in [-0.4, -0.2) is 33.9 Å². The summed E-state index contributed by atoms with van der Waals surface area (Å²) in [6, 6.07) is 15.1. The Balaban J connectivity index is 1.46. The lowest BCUT2D eigenvalue weighted by Gasteiger charge is -2.38. The summed E-state index contributed by atoms with van der Waals surface area (Å²) < 4.78 is 0. The number of fused-ring (bicyclic) bond motifs is 1. The molecule has 4 heteroatoms. The highest BCUT2D eigenvalue weighted by Gasteiger charge is 2.34. The van der Waals surface area contributed by atoms with Gasteiger partial charge in [0.25, 0.3) is 5.91 Å². The summed E-state index contributed by atoms with van der Waals surface area (Å²) in [6.07, 6.45) is 5.33. The topological polar surface area (TPSA) is 49.0 Å². The molecule has 1 saturated heterocycles. The van der Waals surface area contributed by atoms with Gasteiger partial charge in [-0.15, -0.1) is 6.42 Å². The number of amides is 1. The van der Waals surface area contributed by atoms with Crippen LogP contribution < -0.4 is 0 Å². The molecule has 1 fully saturated rings. The van der Waals surface area contributed by atoms with Crippen molar-refractivity contribution < 1.29 is 4.79 Å². The monoisotopic (exact) mass is 301 g/mol. The number of benzene rings is 2. The van der Waals surface area contributed by atoms with Crippen molar-refractivity contribution in [2.75, 3.05) is 13.1 Å². The second-order valence-corrected chi connectivity index (χ2v) is 5.77. The number of aromatic nitrogens is 2. The van der Waals surface area contributed by atoms with Gasteiger partial charge < -0.3 is 9.88 Å². The van der Waals surface area contributed by atoms with E-state index in [-0.39, 0.29) is 11.8 Å². The highest BCUT2D eigenvalue weighted by molar-refractivity contribution is 5.95. The van der Waals surface area contributed by atoms with Crippen molar-refractivity contribution in [3.63, 3.8) is 0 Å². The number of nitrogens with one attached hydrogen (secondary N) is 1. The number of rotatable bonds is 2. The van der Waals surface area contributed by atoms with E-state index >= 15 is 0 Å². The summed E-state index contributed by atoms with van der Waals surface area (Å²) in [6.45, 7) is 1.38. The molecular weight excluding hydrogens is 286 g/mol. The second-order valence-electron chi connectivity index (χ2n) is 5.77. The fourth-order valence-corrected chi connectivity index (χ4v) is 2.87. The Bertz CT molecular complexity index is 879. The van der Waals surface area contributed by atoms with Crippen LogP contribution in [-0.2, 0) is 0 Å². The van der Waals surface area contributed by atoms with Crippen molar-refractivity contribution in [1.29, 1.82) is 0 Å². The molecule has 1 amide bonds. The summed E-state index contributed by atoms with van der Waals surface area (Å²) in [4.78, 5) is 22.2. The fourth-order valence-electron chi connectivity index (χ4n) is 2.87. The van der Waals surface area contributed by atoms with Crippen LogP contribution in [0.2, 0.25) is 0 Å². The fraction of sp³-hybridized carbons (Fsp3) is 0.158. The molecule has 23 heavy (non-hydrogen) atoms. The maximum absolute atomic E-state index is 12.4. The smallest absolute Gasteiger partial charge is 0.253 e. The molecule has 1 N–H and O–H groups in total. The molecule has 0 bridgehead atoms. The van der Waals surface area contributed by atoms with E-state index in [1.54, 1.807) is 24.3 Å². The first-order valence-corrected chi connectivity index (χ1v) is 7.55. The van der Waals surface area contributed by atoms with Crippen molar-refractivity contribution in [1.82, 2.24) is 14.9 Å². The van der Waals surface area contributed by atoms with Crippen LogP contribution in [0.4, 0.5) is 0 Å². The molecule has 4 rings (SSSR count). The number of imidazole rings is 1. The molecule has 1 aliphatic rings. The zero-order chi connectivity index (χ0) is 15.8. The Morgan fingerprint density at radius 1 is 1.17 bits per heavy atom. The van der Waals surface area contributed by atoms with Crippen LogP contribution in [0.25, 0.3) is 11.0 Å². The number of hydrogen-bond acceptors (Lipinski definition) is 2. The molecule has 112 valence electrons. The van der Waals surface area contributed by atoms with Gasteiger partial charge in [0, 0.05) is 24.2 Å². The van der Waals surface area contributed by atoms with Crippen molar-refractivity contribution in [3.8, 4) is 12.3 Å². The van der Waals surface area contributed by atoms with Gasteiger partial charge in [0.15, 0.2) is 0 Å². The van der Waals surface area contributed by atoms with Gasteiger partial charge in [0.05, 0.1) is 17.0 Å². The standard InChI is InChI=1S/C19H15N3O/c1-2-13-7-9-14(10-8-13)19(23)22-11-15(12-22)18-20-16-5-3-4-6-17(16)21-18/h1,3-10,15H,11-12H2,(H,20,21). The van der Waals surface area contributed by atoms with Gasteiger partial charge >= 0.3 is 0 Å². The first-order chi connectivity index (χ1) is 11.2. The molecular formula is C19H15N3O. The summed E-state index contributed by atoms with van der Waals surface area (Å²) in [5, 5.41) is 0. The number of terminal acetylenes is 1. The number of para-hydroxylation sites is 2. The average molecular weight is 301 g/mol. The Morgan fingerprint density at radius 2 is 1.91 bits per heavy atom. The van der Waals surface area contributed by atoms with Crippen LogP contribution >= 0.6 is 0 Å². The SMILES string of the molecule is C#Cc1ccc(C(=O)N2CC(c3nc4ccccc4[nH]3)C2)cc1. The molecule has 2 heterocycles. The quantitative estimate of drug-likeness (QED) is 0.740. The van der Waals surface area contributed by atoms with Gasteiger partial charge in [0.1, 0.15) is 5.82 Å². The number of carbonyl (C=O) groups excluding carboxylic acids is 1. The third-order valence-corrected chi connectivity index (χ3v) is 4.26. The summed E-state index contributed by atoms with van der Waals surface area (Å²) >= 11 is 0. The third kappa shape index (κ3) is 2.36. The summed E-state index contributed by atoms with van der Waals surface area (Å²) in [7, 11) is 0. The first-order valence-electron chi connectivity index (χ1n) is 7.55.